The Morgan fingerprint density at radius 1 is 1.25 bits per heavy atom. The molecule has 5 heteroatoms. The smallest absolute Gasteiger partial charge is 0.250 e. The van der Waals surface area contributed by atoms with Crippen molar-refractivity contribution in [3.8, 4) is 11.3 Å². The van der Waals surface area contributed by atoms with Crippen molar-refractivity contribution in [3.63, 3.8) is 0 Å². The highest BCUT2D eigenvalue weighted by Gasteiger charge is 2.19. The molecule has 1 aromatic carbocycles. The molecule has 1 aromatic heterocycles. The molecule has 81 valence electrons. The summed E-state index contributed by atoms with van der Waals surface area (Å²) in [7, 11) is 0. The van der Waals surface area contributed by atoms with Crippen molar-refractivity contribution in [2.45, 2.75) is 0 Å². The fourth-order valence-electron chi connectivity index (χ4n) is 1.43. The summed E-state index contributed by atoms with van der Waals surface area (Å²) >= 11 is 12.0. The molecular weight excluding hydrogens is 247 g/mol. The molecule has 0 bridgehead atoms. The van der Waals surface area contributed by atoms with E-state index in [0.29, 0.717) is 20.3 Å². The van der Waals surface area contributed by atoms with Crippen molar-refractivity contribution in [1.82, 2.24) is 0 Å². The van der Waals surface area contributed by atoms with Crippen LogP contribution < -0.4 is 10.5 Å². The average Bonchev–Trinajstić information content (AvgIpc) is 2.21. The molecule has 0 aliphatic carbocycles. The van der Waals surface area contributed by atoms with Crippen LogP contribution in [0.2, 0.25) is 10.0 Å². The molecule has 0 atom stereocenters. The number of halogens is 2. The van der Waals surface area contributed by atoms with E-state index in [2.05, 4.69) is 6.07 Å². The number of pyridine rings is 1. The Kier molecular flexibility index (Phi) is 2.90. The number of rotatable bonds is 1. The maximum Gasteiger partial charge on any atom is 0.250 e. The van der Waals surface area contributed by atoms with Gasteiger partial charge in [-0.1, -0.05) is 29.3 Å². The van der Waals surface area contributed by atoms with Crippen LogP contribution in [-0.2, 0) is 0 Å². The number of anilines is 1. The van der Waals surface area contributed by atoms with Gasteiger partial charge in [-0.25, -0.2) is 0 Å². The molecule has 16 heavy (non-hydrogen) atoms. The monoisotopic (exact) mass is 253 g/mol. The lowest BCUT2D eigenvalue weighted by Gasteiger charge is -2.09. The van der Waals surface area contributed by atoms with Crippen LogP contribution >= 0.6 is 23.2 Å². The van der Waals surface area contributed by atoms with Crippen LogP contribution in [0, 0.1) is 11.3 Å². The molecule has 0 unspecified atom stereocenters. The first-order valence-corrected chi connectivity index (χ1v) is 5.20. The van der Waals surface area contributed by atoms with Crippen LogP contribution in [-0.4, -0.2) is 0 Å². The molecule has 2 aromatic rings. The summed E-state index contributed by atoms with van der Waals surface area (Å²) in [6.45, 7) is 0. The van der Waals surface area contributed by atoms with Crippen molar-refractivity contribution in [2.75, 3.05) is 5.73 Å². The number of nitrogen functional groups attached to an aromatic ring is 1. The van der Waals surface area contributed by atoms with E-state index in [1.807, 2.05) is 0 Å². The molecule has 0 amide bonds. The highest BCUT2D eigenvalue weighted by Crippen LogP contribution is 2.34. The van der Waals surface area contributed by atoms with Crippen molar-refractivity contribution >= 4 is 28.9 Å². The highest BCUT2D eigenvalue weighted by molar-refractivity contribution is 6.39. The molecule has 1 heterocycles. The largest absolute Gasteiger partial charge is 0.618 e. The maximum absolute atomic E-state index is 11.6. The minimum Gasteiger partial charge on any atom is -0.618 e. The first-order chi connectivity index (χ1) is 7.61. The molecule has 0 saturated carbocycles. The van der Waals surface area contributed by atoms with E-state index < -0.39 is 0 Å². The standard InChI is InChI=1S/C11H7Cl2N2O/c12-7-3-1-4-8(13)10(7)11-9(14)5-2-6-15(11)16/h1-4,6H,14H2. The van der Waals surface area contributed by atoms with Gasteiger partial charge in [0.1, 0.15) is 5.69 Å². The fraction of sp³-hybridized carbons (Fsp3) is 0. The van der Waals surface area contributed by atoms with Crippen LogP contribution in [0.15, 0.2) is 30.5 Å². The van der Waals surface area contributed by atoms with E-state index in [1.165, 1.54) is 12.3 Å². The van der Waals surface area contributed by atoms with Gasteiger partial charge in [0.15, 0.2) is 6.20 Å². The van der Waals surface area contributed by atoms with Crippen molar-refractivity contribution in [2.24, 2.45) is 0 Å². The molecule has 3 nitrogen and oxygen atoms in total. The predicted molar refractivity (Wildman–Crippen MR) is 64.1 cm³/mol. The zero-order valence-electron chi connectivity index (χ0n) is 8.08. The second-order valence-electron chi connectivity index (χ2n) is 3.14. The summed E-state index contributed by atoms with van der Waals surface area (Å²) in [5.41, 5.74) is 6.56. The quantitative estimate of drug-likeness (QED) is 0.628. The Bertz CT molecular complexity index is 454. The van der Waals surface area contributed by atoms with Gasteiger partial charge in [-0.2, -0.15) is 4.73 Å². The van der Waals surface area contributed by atoms with E-state index in [-0.39, 0.29) is 11.4 Å². The lowest BCUT2D eigenvalue weighted by molar-refractivity contribution is -0.593. The SMILES string of the molecule is Nc1[c]cc[n+]([O-])c1-c1c(Cl)cccc1Cl. The summed E-state index contributed by atoms with van der Waals surface area (Å²) in [6.07, 6.45) is 1.30. The zero-order chi connectivity index (χ0) is 11.7. The molecule has 0 saturated heterocycles. The van der Waals surface area contributed by atoms with Gasteiger partial charge in [-0.15, -0.1) is 0 Å². The van der Waals surface area contributed by atoms with Gasteiger partial charge in [0, 0.05) is 12.1 Å². The lowest BCUT2D eigenvalue weighted by Crippen LogP contribution is -2.29. The van der Waals surface area contributed by atoms with Crippen molar-refractivity contribution < 1.29 is 4.73 Å². The first kappa shape index (κ1) is 11.0. The summed E-state index contributed by atoms with van der Waals surface area (Å²) in [4.78, 5) is 0. The van der Waals surface area contributed by atoms with Gasteiger partial charge in [-0.3, -0.25) is 0 Å². The number of aromatic nitrogens is 1. The third-order valence-electron chi connectivity index (χ3n) is 2.12. The summed E-state index contributed by atoms with van der Waals surface area (Å²) < 4.78 is 0.624. The van der Waals surface area contributed by atoms with E-state index in [4.69, 9.17) is 28.9 Å². The Morgan fingerprint density at radius 2 is 1.88 bits per heavy atom. The molecule has 0 spiro atoms. The maximum atomic E-state index is 11.6. The summed E-state index contributed by atoms with van der Waals surface area (Å²) in [5.74, 6) is 0. The molecule has 2 N–H and O–H groups in total. The van der Waals surface area contributed by atoms with Crippen LogP contribution in [0.5, 0.6) is 0 Å². The minimum atomic E-state index is 0.215. The third-order valence-corrected chi connectivity index (χ3v) is 2.75. The number of hydrogen-bond acceptors (Lipinski definition) is 2. The Balaban J connectivity index is 2.77. The second kappa shape index (κ2) is 4.20. The first-order valence-electron chi connectivity index (χ1n) is 4.45. The van der Waals surface area contributed by atoms with Gasteiger partial charge >= 0.3 is 0 Å². The number of nitrogens with two attached hydrogens (primary N) is 1. The van der Waals surface area contributed by atoms with Gasteiger partial charge in [0.05, 0.1) is 15.6 Å². The van der Waals surface area contributed by atoms with Crippen LogP contribution in [0.4, 0.5) is 5.69 Å². The molecule has 0 fully saturated rings. The molecule has 0 aliphatic heterocycles. The van der Waals surface area contributed by atoms with Gasteiger partial charge < -0.3 is 10.9 Å². The Morgan fingerprint density at radius 3 is 2.44 bits per heavy atom. The van der Waals surface area contributed by atoms with Gasteiger partial charge in [0.2, 0.25) is 0 Å². The number of hydrogen-bond donors (Lipinski definition) is 1. The molecule has 1 radical (unpaired) electrons. The van der Waals surface area contributed by atoms with Crippen LogP contribution in [0.3, 0.4) is 0 Å². The zero-order valence-corrected chi connectivity index (χ0v) is 9.59. The normalized spacial score (nSPS) is 10.4. The molecular formula is C11H7Cl2N2O. The minimum absolute atomic E-state index is 0.215. The van der Waals surface area contributed by atoms with Gasteiger partial charge in [0.25, 0.3) is 5.69 Å². The average molecular weight is 254 g/mol. The number of benzene rings is 1. The third kappa shape index (κ3) is 1.79. The predicted octanol–water partition coefficient (Wildman–Crippen LogP) is 2.68. The number of nitrogens with zero attached hydrogens (tertiary/aromatic N) is 1. The second-order valence-corrected chi connectivity index (χ2v) is 3.96. The summed E-state index contributed by atoms with van der Waals surface area (Å²) in [6, 6.07) is 9.17. The van der Waals surface area contributed by atoms with E-state index in [1.54, 1.807) is 18.2 Å². The van der Waals surface area contributed by atoms with Crippen molar-refractivity contribution in [1.29, 1.82) is 0 Å². The van der Waals surface area contributed by atoms with Gasteiger partial charge in [-0.05, 0) is 12.1 Å². The summed E-state index contributed by atoms with van der Waals surface area (Å²) in [5, 5.41) is 12.4. The van der Waals surface area contributed by atoms with Crippen LogP contribution in [0.1, 0.15) is 0 Å². The fourth-order valence-corrected chi connectivity index (χ4v) is 2.00. The lowest BCUT2D eigenvalue weighted by atomic mass is 10.1. The van der Waals surface area contributed by atoms with E-state index >= 15 is 0 Å². The van der Waals surface area contributed by atoms with E-state index in [0.717, 1.165) is 0 Å². The highest BCUT2D eigenvalue weighted by atomic mass is 35.5. The Labute approximate surface area is 103 Å². The van der Waals surface area contributed by atoms with Crippen LogP contribution in [0.25, 0.3) is 11.3 Å². The van der Waals surface area contributed by atoms with Crippen molar-refractivity contribution in [3.05, 3.63) is 51.8 Å². The topological polar surface area (TPSA) is 53.0 Å². The molecule has 2 rings (SSSR count). The van der Waals surface area contributed by atoms with E-state index in [9.17, 15) is 5.21 Å². The Hall–Kier alpha value is -1.45. The molecule has 0 aliphatic rings.